The van der Waals surface area contributed by atoms with Crippen LogP contribution in [0.3, 0.4) is 0 Å². The molecule has 43 heteroatoms. The number of ether oxygens (including phenoxy) is 23. The molecule has 0 aliphatic carbocycles. The number of anilines is 1. The molecule has 2 aliphatic heterocycles. The third-order valence-corrected chi connectivity index (χ3v) is 18.6. The molecule has 2 aliphatic rings. The first kappa shape index (κ1) is 120. The van der Waals surface area contributed by atoms with E-state index in [9.17, 15) is 57.5 Å². The molecule has 0 radical (unpaired) electrons. The Morgan fingerprint density at radius 1 is 0.358 bits per heavy atom. The number of hydrogen-bond acceptors (Lipinski definition) is 35. The number of benzene rings is 1. The number of carbonyl (C=O) groups excluding carboxylic acids is 12. The van der Waals surface area contributed by atoms with Gasteiger partial charge in [0.05, 0.1) is 249 Å². The quantitative estimate of drug-likeness (QED) is 0.0236. The number of hydrogen-bond donors (Lipinski definition) is 6. The number of alkyl carbamates (subject to hydrolysis) is 1. The van der Waals surface area contributed by atoms with Crippen molar-refractivity contribution in [1.82, 2.24) is 36.4 Å². The van der Waals surface area contributed by atoms with Crippen molar-refractivity contribution in [1.29, 1.82) is 0 Å². The number of nitrogens with one attached hydrogen (secondary N) is 6. The summed E-state index contributed by atoms with van der Waals surface area (Å²) < 4.78 is 125. The molecule has 134 heavy (non-hydrogen) atoms. The molecule has 2 heterocycles. The van der Waals surface area contributed by atoms with E-state index in [0.717, 1.165) is 34.1 Å². The molecule has 10 amide bonds. The fourth-order valence-corrected chi connectivity index (χ4v) is 12.1. The minimum Gasteiger partial charge on any atom is -0.460 e. The van der Waals surface area contributed by atoms with Crippen molar-refractivity contribution >= 4 is 76.9 Å². The highest BCUT2D eigenvalue weighted by molar-refractivity contribution is 6.16. The van der Waals surface area contributed by atoms with E-state index in [0.29, 0.717) is 243 Å². The van der Waals surface area contributed by atoms with E-state index in [4.69, 9.17) is 109 Å². The molecule has 0 saturated carbocycles. The van der Waals surface area contributed by atoms with Crippen molar-refractivity contribution in [3.8, 4) is 5.75 Å². The molecule has 6 N–H and O–H groups in total. The average molecular weight is 1920 g/mol. The summed E-state index contributed by atoms with van der Waals surface area (Å²) in [6.07, 6.45) is 4.72. The van der Waals surface area contributed by atoms with Crippen LogP contribution in [0, 0.1) is 5.92 Å². The van der Waals surface area contributed by atoms with Gasteiger partial charge in [-0.25, -0.2) is 4.79 Å². The lowest BCUT2D eigenvalue weighted by molar-refractivity contribution is -0.160. The zero-order valence-electron chi connectivity index (χ0n) is 80.2. The summed E-state index contributed by atoms with van der Waals surface area (Å²) in [4.78, 5) is 160. The Labute approximate surface area is 787 Å². The maximum Gasteiger partial charge on any atom is 0.407 e. The number of methoxy groups -OCH3 is 2. The second-order valence-corrected chi connectivity index (χ2v) is 32.2. The minimum absolute atomic E-state index is 0.0205. The van der Waals surface area contributed by atoms with E-state index in [1.54, 1.807) is 68.8 Å². The second-order valence-electron chi connectivity index (χ2n) is 32.2. The summed E-state index contributed by atoms with van der Waals surface area (Å²) in [5.74, 6) is -7.50. The second kappa shape index (κ2) is 77.7. The highest BCUT2D eigenvalue weighted by Gasteiger charge is 2.37. The molecule has 3 rings (SSSR count). The predicted octanol–water partition coefficient (Wildman–Crippen LogP) is 2.88. The molecular weight excluding hydrogens is 1770 g/mol. The van der Waals surface area contributed by atoms with Crippen LogP contribution in [0.5, 0.6) is 5.75 Å². The lowest BCUT2D eigenvalue weighted by atomic mass is 9.95. The molecule has 0 fully saturated rings. The molecule has 0 saturated heterocycles. The molecule has 0 spiro atoms. The Bertz CT molecular complexity index is 3440. The summed E-state index contributed by atoms with van der Waals surface area (Å²) >= 11 is 0. The van der Waals surface area contributed by atoms with Crippen molar-refractivity contribution in [3.63, 3.8) is 0 Å². The van der Waals surface area contributed by atoms with Crippen LogP contribution in [0.1, 0.15) is 125 Å². The Morgan fingerprint density at radius 2 is 0.664 bits per heavy atom. The Hall–Kier alpha value is -8.26. The number of amides is 10. The zero-order chi connectivity index (χ0) is 97.8. The summed E-state index contributed by atoms with van der Waals surface area (Å²) in [6.45, 7) is 26.5. The maximum atomic E-state index is 13.9. The third kappa shape index (κ3) is 63.9. The minimum atomic E-state index is -1.22. The molecule has 0 bridgehead atoms. The first-order chi connectivity index (χ1) is 64.7. The highest BCUT2D eigenvalue weighted by atomic mass is 16.6. The van der Waals surface area contributed by atoms with Crippen LogP contribution in [0.25, 0.3) is 0 Å². The van der Waals surface area contributed by atoms with Gasteiger partial charge in [-0.3, -0.25) is 62.5 Å². The van der Waals surface area contributed by atoms with Crippen LogP contribution in [0.4, 0.5) is 10.5 Å². The SMILES string of the molecule is COCCOCCOCCOCCOCCOCCOCCOCCOCCOCC(=O)NCCCC[C@@H](C(=O)NCCCC(=O)Nc1cc(C[C@@H](CC(C)C(=O)OC(C)(C)C)NC(=O)OC(C)(C)C)ccc1OC(=O)CCCNC(=O)[C@H](CCCCNC(=O)COCCOCCOCCOCCOCCOCCOCCOCCOCCOC)N1C(=O)C=CC1=O)N1C(=O)C=CC1=O. The van der Waals surface area contributed by atoms with Crippen molar-refractivity contribution in [2.24, 2.45) is 5.92 Å². The van der Waals surface area contributed by atoms with Crippen molar-refractivity contribution in [2.75, 3.05) is 297 Å². The topological polar surface area (TPSA) is 496 Å². The normalized spacial score (nSPS) is 13.6. The molecule has 1 aromatic rings. The van der Waals surface area contributed by atoms with Crippen molar-refractivity contribution in [2.45, 2.75) is 155 Å². The number of carbonyl (C=O) groups is 12. The van der Waals surface area contributed by atoms with Gasteiger partial charge in [-0.1, -0.05) is 13.0 Å². The van der Waals surface area contributed by atoms with E-state index >= 15 is 0 Å². The number of nitrogens with zero attached hydrogens (tertiary/aromatic N) is 2. The summed E-state index contributed by atoms with van der Waals surface area (Å²) in [6, 6.07) is 1.39. The van der Waals surface area contributed by atoms with Crippen LogP contribution in [-0.2, 0) is 163 Å². The predicted molar refractivity (Wildman–Crippen MR) is 483 cm³/mol. The standard InChI is InChI=1S/C91H152N8O35/c1-71(88(110)133-90(2,3)4)66-73(96-89(111)134-91(5,6)7)67-72-20-21-77(132-85(107)19-15-29-95-87(109)76(99-83(105)24-25-84(99)106)17-11-13-27-93-80(102)70-131-65-63-129-61-59-127-57-55-125-53-51-123-49-47-121-45-43-119-41-39-117-37-35-115-33-31-113-9)74(68-72)97-78(100)18-14-28-94-86(108)75(98-81(103)22-23-82(98)104)16-10-12-26-92-79(101)69-130-64-62-128-60-58-126-56-54-124-52-50-122-48-46-120-44-42-118-40-38-116-36-34-114-32-30-112-8/h20-25,68,71,73,75-76H,10-19,26-67,69-70H2,1-9H3,(H,92,101)(H,93,102)(H,94,108)(H,95,109)(H,96,111)(H,97,100)/t71?,73-,75+,76+/m1/s1. The van der Waals surface area contributed by atoms with E-state index < -0.39 is 94.6 Å². The highest BCUT2D eigenvalue weighted by Crippen LogP contribution is 2.29. The molecule has 4 atom stereocenters. The smallest absolute Gasteiger partial charge is 0.407 e. The van der Waals surface area contributed by atoms with Crippen molar-refractivity contribution < 1.29 is 166 Å². The van der Waals surface area contributed by atoms with Crippen molar-refractivity contribution in [3.05, 3.63) is 48.1 Å². The zero-order valence-corrected chi connectivity index (χ0v) is 80.2. The van der Waals surface area contributed by atoms with E-state index in [1.165, 1.54) is 12.1 Å². The first-order valence-corrected chi connectivity index (χ1v) is 46.1. The summed E-state index contributed by atoms with van der Waals surface area (Å²) in [5, 5.41) is 16.6. The molecule has 43 nitrogen and oxygen atoms in total. The number of unbranched alkanes of at least 4 members (excludes halogenated alkanes) is 2. The lowest BCUT2D eigenvalue weighted by Crippen LogP contribution is -2.50. The fraction of sp³-hybridized carbons (Fsp3) is 0.758. The van der Waals surface area contributed by atoms with Gasteiger partial charge in [-0.05, 0) is 123 Å². The van der Waals surface area contributed by atoms with Crippen LogP contribution in [0.15, 0.2) is 42.5 Å². The monoisotopic (exact) mass is 1920 g/mol. The van der Waals surface area contributed by atoms with Gasteiger partial charge in [0, 0.05) is 83.6 Å². The number of imide groups is 2. The first-order valence-electron chi connectivity index (χ1n) is 46.1. The molecule has 766 valence electrons. The van der Waals surface area contributed by atoms with E-state index in [2.05, 4.69) is 31.9 Å². The van der Waals surface area contributed by atoms with Gasteiger partial charge in [0.2, 0.25) is 29.5 Å². The van der Waals surface area contributed by atoms with Gasteiger partial charge in [0.1, 0.15) is 36.5 Å². The largest absolute Gasteiger partial charge is 0.460 e. The van der Waals surface area contributed by atoms with Crippen LogP contribution < -0.4 is 36.6 Å². The van der Waals surface area contributed by atoms with E-state index in [1.807, 2.05) is 0 Å². The fourth-order valence-electron chi connectivity index (χ4n) is 12.1. The van der Waals surface area contributed by atoms with Gasteiger partial charge in [0.15, 0.2) is 5.75 Å². The molecule has 0 aromatic heterocycles. The van der Waals surface area contributed by atoms with Crippen LogP contribution in [-0.4, -0.2) is 402 Å². The molecular formula is C91H152N8O35. The number of rotatable bonds is 88. The average Bonchev–Trinajstić information content (AvgIpc) is 1.74. The molecule has 1 aromatic carbocycles. The maximum absolute atomic E-state index is 13.9. The van der Waals surface area contributed by atoms with E-state index in [-0.39, 0.29) is 140 Å². The third-order valence-electron chi connectivity index (χ3n) is 18.6. The summed E-state index contributed by atoms with van der Waals surface area (Å²) in [7, 11) is 3.24. The Balaban J connectivity index is 1.42. The van der Waals surface area contributed by atoms with Gasteiger partial charge < -0.3 is 141 Å². The lowest BCUT2D eigenvalue weighted by Gasteiger charge is -2.27. The Kier molecular flexibility index (Phi) is 69.6. The van der Waals surface area contributed by atoms with Gasteiger partial charge in [-0.15, -0.1) is 0 Å². The Morgan fingerprint density at radius 3 is 0.985 bits per heavy atom. The number of esters is 2. The molecule has 1 unspecified atom stereocenters. The van der Waals surface area contributed by atoms with Gasteiger partial charge >= 0.3 is 18.0 Å². The van der Waals surface area contributed by atoms with Gasteiger partial charge in [-0.2, -0.15) is 0 Å². The van der Waals surface area contributed by atoms with Crippen LogP contribution in [0.2, 0.25) is 0 Å². The van der Waals surface area contributed by atoms with Gasteiger partial charge in [0.25, 0.3) is 23.6 Å². The summed E-state index contributed by atoms with van der Waals surface area (Å²) in [5.41, 5.74) is -1.15. The van der Waals surface area contributed by atoms with Crippen LogP contribution >= 0.6 is 0 Å².